The Morgan fingerprint density at radius 3 is 2.28 bits per heavy atom. The Labute approximate surface area is 170 Å². The Kier molecular flexibility index (Phi) is 5.43. The van der Waals surface area contributed by atoms with Crippen LogP contribution in [0, 0.1) is 0 Å². The first-order valence-electron chi connectivity index (χ1n) is 9.85. The van der Waals surface area contributed by atoms with E-state index in [0.717, 1.165) is 23.1 Å². The number of aliphatic carboxylic acids is 1. The van der Waals surface area contributed by atoms with Crippen LogP contribution in [0.15, 0.2) is 78.9 Å². The van der Waals surface area contributed by atoms with Crippen LogP contribution in [0.3, 0.4) is 0 Å². The third-order valence-corrected chi connectivity index (χ3v) is 5.57. The van der Waals surface area contributed by atoms with Crippen LogP contribution in [0.2, 0.25) is 0 Å². The van der Waals surface area contributed by atoms with Crippen molar-refractivity contribution in [2.24, 2.45) is 0 Å². The lowest BCUT2D eigenvalue weighted by atomic mass is 9.82. The van der Waals surface area contributed by atoms with Crippen molar-refractivity contribution in [3.05, 3.63) is 107 Å². The van der Waals surface area contributed by atoms with E-state index in [4.69, 9.17) is 0 Å². The Balaban J connectivity index is 1.65. The van der Waals surface area contributed by atoms with Crippen molar-refractivity contribution >= 4 is 11.9 Å². The molecule has 3 aromatic rings. The van der Waals surface area contributed by atoms with Gasteiger partial charge in [-0.2, -0.15) is 0 Å². The molecule has 0 saturated heterocycles. The van der Waals surface area contributed by atoms with Crippen LogP contribution in [0.4, 0.5) is 0 Å². The van der Waals surface area contributed by atoms with Crippen molar-refractivity contribution in [2.75, 3.05) is 6.54 Å². The standard InChI is InChI=1S/C25H23NO3/c27-24(28)16-23(18-8-3-1-4-9-18)22-13-7-12-20-17-26(15-14-21(20)22)25(29)19-10-5-2-6-11-19/h1-13,23H,14-17H2,(H,27,28). The van der Waals surface area contributed by atoms with Crippen LogP contribution in [0.5, 0.6) is 0 Å². The summed E-state index contributed by atoms with van der Waals surface area (Å²) in [4.78, 5) is 26.3. The predicted molar refractivity (Wildman–Crippen MR) is 112 cm³/mol. The SMILES string of the molecule is O=C(O)CC(c1ccccc1)c1cccc2c1CCN(C(=O)c1ccccc1)C2. The normalized spacial score (nSPS) is 14.1. The van der Waals surface area contributed by atoms with Crippen molar-refractivity contribution in [1.29, 1.82) is 0 Å². The second-order valence-corrected chi connectivity index (χ2v) is 7.39. The van der Waals surface area contributed by atoms with Gasteiger partial charge in [0.25, 0.3) is 5.91 Å². The molecule has 0 bridgehead atoms. The molecule has 3 aromatic carbocycles. The van der Waals surface area contributed by atoms with Gasteiger partial charge < -0.3 is 10.0 Å². The minimum absolute atomic E-state index is 0.0341. The summed E-state index contributed by atoms with van der Waals surface area (Å²) in [6.45, 7) is 1.18. The molecule has 1 heterocycles. The number of hydrogen-bond donors (Lipinski definition) is 1. The first-order valence-corrected chi connectivity index (χ1v) is 9.85. The Morgan fingerprint density at radius 2 is 1.59 bits per heavy atom. The van der Waals surface area contributed by atoms with Gasteiger partial charge in [0.15, 0.2) is 0 Å². The third kappa shape index (κ3) is 4.06. The first-order chi connectivity index (χ1) is 14.1. The molecule has 0 aliphatic carbocycles. The highest BCUT2D eigenvalue weighted by atomic mass is 16.4. The van der Waals surface area contributed by atoms with Crippen molar-refractivity contribution in [3.63, 3.8) is 0 Å². The fourth-order valence-electron chi connectivity index (χ4n) is 4.17. The molecule has 0 saturated carbocycles. The topological polar surface area (TPSA) is 57.6 Å². The Morgan fingerprint density at radius 1 is 0.897 bits per heavy atom. The van der Waals surface area contributed by atoms with Crippen molar-refractivity contribution in [2.45, 2.75) is 25.3 Å². The summed E-state index contributed by atoms with van der Waals surface area (Å²) in [6.07, 6.45) is 0.778. The lowest BCUT2D eigenvalue weighted by molar-refractivity contribution is -0.137. The van der Waals surface area contributed by atoms with E-state index in [1.54, 1.807) is 0 Å². The van der Waals surface area contributed by atoms with Gasteiger partial charge in [-0.05, 0) is 40.8 Å². The van der Waals surface area contributed by atoms with Gasteiger partial charge in [0.05, 0.1) is 6.42 Å². The molecule has 29 heavy (non-hydrogen) atoms. The summed E-state index contributed by atoms with van der Waals surface area (Å²) in [7, 11) is 0. The van der Waals surface area contributed by atoms with E-state index >= 15 is 0 Å². The second-order valence-electron chi connectivity index (χ2n) is 7.39. The summed E-state index contributed by atoms with van der Waals surface area (Å²) >= 11 is 0. The predicted octanol–water partition coefficient (Wildman–Crippen LogP) is 4.49. The van der Waals surface area contributed by atoms with E-state index in [9.17, 15) is 14.7 Å². The summed E-state index contributed by atoms with van der Waals surface area (Å²) in [5, 5.41) is 9.50. The Hall–Kier alpha value is -3.40. The molecular formula is C25H23NO3. The van der Waals surface area contributed by atoms with E-state index in [-0.39, 0.29) is 18.2 Å². The van der Waals surface area contributed by atoms with Crippen molar-refractivity contribution < 1.29 is 14.7 Å². The maximum absolute atomic E-state index is 12.8. The van der Waals surface area contributed by atoms with E-state index in [2.05, 4.69) is 0 Å². The number of amides is 1. The van der Waals surface area contributed by atoms with Gasteiger partial charge in [0.2, 0.25) is 0 Å². The average Bonchev–Trinajstić information content (AvgIpc) is 2.77. The molecule has 0 spiro atoms. The lowest BCUT2D eigenvalue weighted by Gasteiger charge is -2.32. The number of carbonyl (C=O) groups excluding carboxylic acids is 1. The average molecular weight is 385 g/mol. The van der Waals surface area contributed by atoms with Gasteiger partial charge in [-0.15, -0.1) is 0 Å². The van der Waals surface area contributed by atoms with Gasteiger partial charge >= 0.3 is 5.97 Å². The van der Waals surface area contributed by atoms with Crippen LogP contribution < -0.4 is 0 Å². The van der Waals surface area contributed by atoms with Crippen LogP contribution in [0.1, 0.15) is 45.0 Å². The number of carboxylic acid groups (broad SMARTS) is 1. The van der Waals surface area contributed by atoms with Crippen LogP contribution in [0.25, 0.3) is 0 Å². The highest BCUT2D eigenvalue weighted by Crippen LogP contribution is 2.34. The fraction of sp³-hybridized carbons (Fsp3) is 0.200. The summed E-state index contributed by atoms with van der Waals surface area (Å²) in [5.41, 5.74) is 5.04. The molecular weight excluding hydrogens is 362 g/mol. The number of carbonyl (C=O) groups is 2. The van der Waals surface area contributed by atoms with Gasteiger partial charge in [-0.3, -0.25) is 9.59 Å². The zero-order valence-electron chi connectivity index (χ0n) is 16.1. The van der Waals surface area contributed by atoms with Crippen molar-refractivity contribution in [1.82, 2.24) is 4.90 Å². The highest BCUT2D eigenvalue weighted by Gasteiger charge is 2.27. The van der Waals surface area contributed by atoms with Gasteiger partial charge in [0, 0.05) is 24.6 Å². The number of rotatable bonds is 5. The molecule has 0 radical (unpaired) electrons. The monoisotopic (exact) mass is 385 g/mol. The molecule has 1 aliphatic heterocycles. The van der Waals surface area contributed by atoms with Crippen LogP contribution >= 0.6 is 0 Å². The number of carboxylic acids is 1. The number of hydrogen-bond acceptors (Lipinski definition) is 2. The highest BCUT2D eigenvalue weighted by molar-refractivity contribution is 5.94. The fourth-order valence-corrected chi connectivity index (χ4v) is 4.17. The smallest absolute Gasteiger partial charge is 0.304 e. The van der Waals surface area contributed by atoms with Gasteiger partial charge in [-0.25, -0.2) is 0 Å². The van der Waals surface area contributed by atoms with E-state index < -0.39 is 5.97 Å². The van der Waals surface area contributed by atoms with Crippen molar-refractivity contribution in [3.8, 4) is 0 Å². The van der Waals surface area contributed by atoms with Crippen LogP contribution in [-0.2, 0) is 17.8 Å². The maximum atomic E-state index is 12.8. The van der Waals surface area contributed by atoms with E-state index in [0.29, 0.717) is 18.7 Å². The Bertz CT molecular complexity index is 1010. The molecule has 0 fully saturated rings. The minimum Gasteiger partial charge on any atom is -0.481 e. The molecule has 146 valence electrons. The van der Waals surface area contributed by atoms with E-state index in [1.807, 2.05) is 83.8 Å². The van der Waals surface area contributed by atoms with Gasteiger partial charge in [0.1, 0.15) is 0 Å². The first kappa shape index (κ1) is 18.9. The largest absolute Gasteiger partial charge is 0.481 e. The second kappa shape index (κ2) is 8.31. The lowest BCUT2D eigenvalue weighted by Crippen LogP contribution is -2.36. The molecule has 1 unspecified atom stereocenters. The van der Waals surface area contributed by atoms with Crippen LogP contribution in [-0.4, -0.2) is 28.4 Å². The zero-order valence-corrected chi connectivity index (χ0v) is 16.1. The quantitative estimate of drug-likeness (QED) is 0.704. The van der Waals surface area contributed by atoms with Gasteiger partial charge in [-0.1, -0.05) is 66.7 Å². The third-order valence-electron chi connectivity index (χ3n) is 5.57. The summed E-state index contributed by atoms with van der Waals surface area (Å²) < 4.78 is 0. The molecule has 4 rings (SSSR count). The molecule has 4 nitrogen and oxygen atoms in total. The summed E-state index contributed by atoms with van der Waals surface area (Å²) in [6, 6.07) is 25.2. The summed E-state index contributed by atoms with van der Waals surface area (Å²) in [5.74, 6) is -0.972. The molecule has 1 aliphatic rings. The minimum atomic E-state index is -0.812. The maximum Gasteiger partial charge on any atom is 0.304 e. The van der Waals surface area contributed by atoms with E-state index in [1.165, 1.54) is 5.56 Å². The zero-order chi connectivity index (χ0) is 20.2. The molecule has 1 amide bonds. The number of fused-ring (bicyclic) bond motifs is 1. The molecule has 4 heteroatoms. The molecule has 1 atom stereocenters. The molecule has 1 N–H and O–H groups in total. The molecule has 0 aromatic heterocycles. The number of nitrogens with zero attached hydrogens (tertiary/aromatic N) is 1. The number of benzene rings is 3.